The van der Waals surface area contributed by atoms with Crippen molar-refractivity contribution in [3.8, 4) is 23.0 Å². The van der Waals surface area contributed by atoms with Crippen LogP contribution in [-0.4, -0.2) is 42.4 Å². The van der Waals surface area contributed by atoms with Crippen LogP contribution in [0.5, 0.6) is 11.5 Å². The van der Waals surface area contributed by atoms with Gasteiger partial charge in [0.1, 0.15) is 11.5 Å². The number of carbonyl (C=O) groups is 2. The summed E-state index contributed by atoms with van der Waals surface area (Å²) in [6.45, 7) is -0.841. The minimum absolute atomic E-state index is 0.0885. The molecule has 0 unspecified atom stereocenters. The monoisotopic (exact) mass is 383 g/mol. The summed E-state index contributed by atoms with van der Waals surface area (Å²) in [5, 5.41) is 9.93. The molecule has 1 N–H and O–H groups in total. The van der Waals surface area contributed by atoms with Gasteiger partial charge >= 0.3 is 12.0 Å². The molecule has 0 bridgehead atoms. The van der Waals surface area contributed by atoms with E-state index in [1.165, 1.54) is 0 Å². The standard InChI is InChI=1S/C19H17N3O6/c1-25-14-7-9-15(10-8-14)26-12-17(24)27-11-16(23)20-19-22-21-18(28-19)13-5-3-2-4-6-13/h2-10H,11-12H2,1H3,(H,20,22,23). The van der Waals surface area contributed by atoms with Crippen molar-refractivity contribution in [1.29, 1.82) is 0 Å². The highest BCUT2D eigenvalue weighted by Crippen LogP contribution is 2.19. The number of amides is 1. The number of aromatic nitrogens is 2. The van der Waals surface area contributed by atoms with Gasteiger partial charge in [0.25, 0.3) is 5.91 Å². The number of methoxy groups -OCH3 is 1. The van der Waals surface area contributed by atoms with Crippen LogP contribution in [0.1, 0.15) is 0 Å². The van der Waals surface area contributed by atoms with Crippen molar-refractivity contribution in [2.24, 2.45) is 0 Å². The third-order valence-corrected chi connectivity index (χ3v) is 3.47. The quantitative estimate of drug-likeness (QED) is 0.590. The van der Waals surface area contributed by atoms with Gasteiger partial charge in [0, 0.05) is 5.56 Å². The van der Waals surface area contributed by atoms with Crippen LogP contribution in [-0.2, 0) is 14.3 Å². The highest BCUT2D eigenvalue weighted by atomic mass is 16.6. The predicted molar refractivity (Wildman–Crippen MR) is 97.8 cm³/mol. The Labute approximate surface area is 160 Å². The first kappa shape index (κ1) is 18.9. The molecule has 0 saturated carbocycles. The average Bonchev–Trinajstić information content (AvgIpc) is 3.20. The van der Waals surface area contributed by atoms with Crippen molar-refractivity contribution >= 4 is 17.9 Å². The molecular weight excluding hydrogens is 366 g/mol. The van der Waals surface area contributed by atoms with Crippen molar-refractivity contribution in [3.05, 3.63) is 54.6 Å². The number of rotatable bonds is 8. The Bertz CT molecular complexity index is 924. The van der Waals surface area contributed by atoms with Gasteiger partial charge in [0.05, 0.1) is 7.11 Å². The molecule has 3 aromatic rings. The number of nitrogens with zero attached hydrogens (tertiary/aromatic N) is 2. The van der Waals surface area contributed by atoms with Gasteiger partial charge in [-0.25, -0.2) is 4.79 Å². The Morgan fingerprint density at radius 2 is 1.68 bits per heavy atom. The summed E-state index contributed by atoms with van der Waals surface area (Å²) in [7, 11) is 1.55. The number of hydrogen-bond donors (Lipinski definition) is 1. The van der Waals surface area contributed by atoms with Crippen molar-refractivity contribution < 1.29 is 28.2 Å². The molecule has 0 aliphatic rings. The van der Waals surface area contributed by atoms with Crippen molar-refractivity contribution in [2.45, 2.75) is 0 Å². The lowest BCUT2D eigenvalue weighted by Crippen LogP contribution is -2.23. The van der Waals surface area contributed by atoms with Gasteiger partial charge in [-0.2, -0.15) is 0 Å². The Hall–Kier alpha value is -3.88. The number of esters is 1. The first-order valence-electron chi connectivity index (χ1n) is 8.25. The van der Waals surface area contributed by atoms with Crippen LogP contribution >= 0.6 is 0 Å². The molecule has 28 heavy (non-hydrogen) atoms. The van der Waals surface area contributed by atoms with Crippen LogP contribution in [0, 0.1) is 0 Å². The summed E-state index contributed by atoms with van der Waals surface area (Å²) < 4.78 is 20.5. The normalized spacial score (nSPS) is 10.2. The average molecular weight is 383 g/mol. The minimum Gasteiger partial charge on any atom is -0.497 e. The number of nitrogens with one attached hydrogen (secondary N) is 1. The second-order valence-electron chi connectivity index (χ2n) is 5.45. The first-order valence-corrected chi connectivity index (χ1v) is 8.25. The number of benzene rings is 2. The lowest BCUT2D eigenvalue weighted by atomic mass is 10.2. The summed E-state index contributed by atoms with van der Waals surface area (Å²) >= 11 is 0. The minimum atomic E-state index is -0.693. The van der Waals surface area contributed by atoms with E-state index in [0.717, 1.165) is 5.56 Å². The van der Waals surface area contributed by atoms with Crippen LogP contribution < -0.4 is 14.8 Å². The lowest BCUT2D eigenvalue weighted by molar-refractivity contribution is -0.149. The zero-order chi connectivity index (χ0) is 19.8. The molecule has 0 aliphatic heterocycles. The second-order valence-corrected chi connectivity index (χ2v) is 5.45. The van der Waals surface area contributed by atoms with Crippen molar-refractivity contribution in [1.82, 2.24) is 10.2 Å². The van der Waals surface area contributed by atoms with E-state index in [1.54, 1.807) is 43.5 Å². The summed E-state index contributed by atoms with van der Waals surface area (Å²) in [6, 6.07) is 15.7. The van der Waals surface area contributed by atoms with Gasteiger partial charge in [-0.1, -0.05) is 23.3 Å². The molecule has 3 rings (SSSR count). The number of ether oxygens (including phenoxy) is 3. The van der Waals surface area contributed by atoms with Crippen LogP contribution in [0.4, 0.5) is 6.01 Å². The maximum absolute atomic E-state index is 11.8. The molecule has 1 heterocycles. The number of anilines is 1. The van der Waals surface area contributed by atoms with Gasteiger partial charge in [-0.05, 0) is 36.4 Å². The zero-order valence-corrected chi connectivity index (χ0v) is 15.0. The molecule has 0 saturated heterocycles. The Balaban J connectivity index is 1.41. The fourth-order valence-electron chi connectivity index (χ4n) is 2.13. The molecule has 0 radical (unpaired) electrons. The predicted octanol–water partition coefficient (Wildman–Crippen LogP) is 2.31. The summed E-state index contributed by atoms with van der Waals surface area (Å²) in [5.74, 6) is 0.105. The maximum atomic E-state index is 11.8. The molecule has 0 aliphatic carbocycles. The van der Waals surface area contributed by atoms with E-state index in [4.69, 9.17) is 18.6 Å². The fraction of sp³-hybridized carbons (Fsp3) is 0.158. The first-order chi connectivity index (χ1) is 13.6. The fourth-order valence-corrected chi connectivity index (χ4v) is 2.13. The molecule has 0 fully saturated rings. The molecule has 1 amide bonds. The Kier molecular flexibility index (Phi) is 6.19. The number of hydrogen-bond acceptors (Lipinski definition) is 8. The van der Waals surface area contributed by atoms with Gasteiger partial charge < -0.3 is 18.6 Å². The van der Waals surface area contributed by atoms with E-state index in [2.05, 4.69) is 15.5 Å². The molecule has 9 heteroatoms. The van der Waals surface area contributed by atoms with Crippen LogP contribution in [0.15, 0.2) is 59.0 Å². The highest BCUT2D eigenvalue weighted by Gasteiger charge is 2.13. The SMILES string of the molecule is COc1ccc(OCC(=O)OCC(=O)Nc2nnc(-c3ccccc3)o2)cc1. The number of carbonyl (C=O) groups excluding carboxylic acids is 2. The Morgan fingerprint density at radius 1 is 0.964 bits per heavy atom. The molecule has 1 aromatic heterocycles. The van der Waals surface area contributed by atoms with Gasteiger partial charge in [-0.15, -0.1) is 5.10 Å². The third kappa shape index (κ3) is 5.31. The molecule has 9 nitrogen and oxygen atoms in total. The summed E-state index contributed by atoms with van der Waals surface area (Å²) in [6.07, 6.45) is 0. The van der Waals surface area contributed by atoms with E-state index in [-0.39, 0.29) is 18.5 Å². The molecule has 0 spiro atoms. The van der Waals surface area contributed by atoms with Crippen molar-refractivity contribution in [3.63, 3.8) is 0 Å². The summed E-state index contributed by atoms with van der Waals surface area (Å²) in [4.78, 5) is 23.5. The highest BCUT2D eigenvalue weighted by molar-refractivity contribution is 5.91. The lowest BCUT2D eigenvalue weighted by Gasteiger charge is -2.07. The molecule has 0 atom stereocenters. The van der Waals surface area contributed by atoms with E-state index < -0.39 is 18.5 Å². The van der Waals surface area contributed by atoms with Crippen LogP contribution in [0.25, 0.3) is 11.5 Å². The van der Waals surface area contributed by atoms with Gasteiger partial charge in [0.2, 0.25) is 5.89 Å². The molecule has 144 valence electrons. The van der Waals surface area contributed by atoms with Crippen LogP contribution in [0.3, 0.4) is 0 Å². The molecule has 2 aromatic carbocycles. The van der Waals surface area contributed by atoms with E-state index >= 15 is 0 Å². The van der Waals surface area contributed by atoms with E-state index in [0.29, 0.717) is 11.5 Å². The second kappa shape index (κ2) is 9.17. The third-order valence-electron chi connectivity index (χ3n) is 3.47. The van der Waals surface area contributed by atoms with Gasteiger partial charge in [-0.3, -0.25) is 10.1 Å². The van der Waals surface area contributed by atoms with Gasteiger partial charge in [0.15, 0.2) is 13.2 Å². The molecular formula is C19H17N3O6. The smallest absolute Gasteiger partial charge is 0.344 e. The van der Waals surface area contributed by atoms with Crippen LogP contribution in [0.2, 0.25) is 0 Å². The largest absolute Gasteiger partial charge is 0.497 e. The van der Waals surface area contributed by atoms with E-state index in [9.17, 15) is 9.59 Å². The maximum Gasteiger partial charge on any atom is 0.344 e. The Morgan fingerprint density at radius 3 is 2.39 bits per heavy atom. The van der Waals surface area contributed by atoms with Crippen molar-refractivity contribution in [2.75, 3.05) is 25.6 Å². The topological polar surface area (TPSA) is 113 Å². The van der Waals surface area contributed by atoms with E-state index in [1.807, 2.05) is 18.2 Å². The zero-order valence-electron chi connectivity index (χ0n) is 15.0. The summed E-state index contributed by atoms with van der Waals surface area (Å²) in [5.41, 5.74) is 0.720.